The summed E-state index contributed by atoms with van der Waals surface area (Å²) in [7, 11) is -3.11. The molecule has 0 fully saturated rings. The number of hydrogen-bond acceptors (Lipinski definition) is 4. The van der Waals surface area contributed by atoms with Crippen LogP contribution in [0, 0.1) is 0 Å². The van der Waals surface area contributed by atoms with Crippen LogP contribution in [0.5, 0.6) is 0 Å². The minimum absolute atomic E-state index is 0.110. The largest absolute Gasteiger partial charge is 0.395 e. The lowest BCUT2D eigenvalue weighted by molar-refractivity contribution is 0.300. The van der Waals surface area contributed by atoms with Gasteiger partial charge in [0.05, 0.1) is 11.5 Å². The van der Waals surface area contributed by atoms with Gasteiger partial charge in [0.25, 0.3) is 0 Å². The maximum atomic E-state index is 11.2. The fraction of sp³-hybridized carbons (Fsp3) is 0.400. The molecule has 1 aromatic rings. The standard InChI is InChI=1S/C10H14O3S2/c1-8(7-11)14-9-3-5-10(6-4-9)15(2,12)13/h3-6,8,11H,7H2,1-2H3. The van der Waals surface area contributed by atoms with Gasteiger partial charge in [-0.1, -0.05) is 6.92 Å². The topological polar surface area (TPSA) is 54.4 Å². The Bertz CT molecular complexity index is 409. The van der Waals surface area contributed by atoms with Gasteiger partial charge in [0.1, 0.15) is 0 Å². The first-order valence-electron chi connectivity index (χ1n) is 4.51. The van der Waals surface area contributed by atoms with Crippen LogP contribution in [0.2, 0.25) is 0 Å². The number of aliphatic hydroxyl groups excluding tert-OH is 1. The van der Waals surface area contributed by atoms with Gasteiger partial charge in [-0.3, -0.25) is 0 Å². The molecule has 1 rings (SSSR count). The average molecular weight is 246 g/mol. The Kier molecular flexibility index (Phi) is 4.19. The van der Waals surface area contributed by atoms with Gasteiger partial charge in [-0.15, -0.1) is 11.8 Å². The van der Waals surface area contributed by atoms with E-state index >= 15 is 0 Å². The van der Waals surface area contributed by atoms with Crippen LogP contribution in [0.1, 0.15) is 6.92 Å². The van der Waals surface area contributed by atoms with E-state index in [0.29, 0.717) is 4.90 Å². The van der Waals surface area contributed by atoms with Gasteiger partial charge < -0.3 is 5.11 Å². The average Bonchev–Trinajstić information content (AvgIpc) is 2.17. The summed E-state index contributed by atoms with van der Waals surface area (Å²) in [6, 6.07) is 6.68. The molecule has 3 nitrogen and oxygen atoms in total. The van der Waals surface area contributed by atoms with E-state index in [-0.39, 0.29) is 11.9 Å². The second-order valence-electron chi connectivity index (χ2n) is 3.35. The van der Waals surface area contributed by atoms with E-state index in [1.165, 1.54) is 18.0 Å². The van der Waals surface area contributed by atoms with Crippen molar-refractivity contribution in [3.63, 3.8) is 0 Å². The van der Waals surface area contributed by atoms with E-state index in [1.54, 1.807) is 24.3 Å². The molecule has 84 valence electrons. The van der Waals surface area contributed by atoms with Crippen molar-refractivity contribution in [2.24, 2.45) is 0 Å². The molecular weight excluding hydrogens is 232 g/mol. The molecule has 1 N–H and O–H groups in total. The Labute approximate surface area is 94.4 Å². The minimum atomic E-state index is -3.11. The fourth-order valence-corrected chi connectivity index (χ4v) is 2.50. The number of hydrogen-bond donors (Lipinski definition) is 1. The molecule has 0 heterocycles. The minimum Gasteiger partial charge on any atom is -0.395 e. The summed E-state index contributed by atoms with van der Waals surface area (Å²) in [6.07, 6.45) is 1.19. The third-order valence-electron chi connectivity index (χ3n) is 1.85. The highest BCUT2D eigenvalue weighted by Gasteiger charge is 2.07. The second-order valence-corrected chi connectivity index (χ2v) is 6.88. The van der Waals surface area contributed by atoms with Crippen molar-refractivity contribution in [1.82, 2.24) is 0 Å². The highest BCUT2D eigenvalue weighted by atomic mass is 32.2. The van der Waals surface area contributed by atoms with Crippen LogP contribution in [0.25, 0.3) is 0 Å². The summed E-state index contributed by atoms with van der Waals surface area (Å²) < 4.78 is 22.4. The number of rotatable bonds is 4. The Morgan fingerprint density at radius 3 is 2.27 bits per heavy atom. The van der Waals surface area contributed by atoms with E-state index in [0.717, 1.165) is 4.90 Å². The molecule has 0 bridgehead atoms. The molecule has 1 atom stereocenters. The highest BCUT2D eigenvalue weighted by molar-refractivity contribution is 8.00. The Morgan fingerprint density at radius 2 is 1.87 bits per heavy atom. The van der Waals surface area contributed by atoms with Crippen LogP contribution in [0.3, 0.4) is 0 Å². The predicted octanol–water partition coefficient (Wildman–Crippen LogP) is 1.56. The number of benzene rings is 1. The van der Waals surface area contributed by atoms with Gasteiger partial charge in [-0.05, 0) is 24.3 Å². The van der Waals surface area contributed by atoms with Crippen LogP contribution in [-0.2, 0) is 9.84 Å². The molecule has 0 aliphatic carbocycles. The molecule has 0 saturated carbocycles. The smallest absolute Gasteiger partial charge is 0.175 e. The lowest BCUT2D eigenvalue weighted by Gasteiger charge is -2.07. The molecule has 1 unspecified atom stereocenters. The third-order valence-corrected chi connectivity index (χ3v) is 4.07. The summed E-state index contributed by atoms with van der Waals surface area (Å²) in [6.45, 7) is 2.02. The van der Waals surface area contributed by atoms with Gasteiger partial charge in [0.15, 0.2) is 9.84 Å². The van der Waals surface area contributed by atoms with Gasteiger partial charge in [-0.2, -0.15) is 0 Å². The molecule has 0 aliphatic rings. The van der Waals surface area contributed by atoms with E-state index in [1.807, 2.05) is 6.92 Å². The van der Waals surface area contributed by atoms with Crippen LogP contribution in [0.4, 0.5) is 0 Å². The zero-order valence-corrected chi connectivity index (χ0v) is 10.3. The van der Waals surface area contributed by atoms with Crippen molar-refractivity contribution in [1.29, 1.82) is 0 Å². The predicted molar refractivity (Wildman–Crippen MR) is 62.0 cm³/mol. The second kappa shape index (κ2) is 5.01. The van der Waals surface area contributed by atoms with Crippen molar-refractivity contribution < 1.29 is 13.5 Å². The molecule has 0 spiro atoms. The third kappa shape index (κ3) is 3.85. The van der Waals surface area contributed by atoms with Crippen LogP contribution in [-0.4, -0.2) is 31.6 Å². The molecule has 5 heteroatoms. The van der Waals surface area contributed by atoms with Crippen molar-refractivity contribution in [2.75, 3.05) is 12.9 Å². The normalized spacial score (nSPS) is 13.8. The van der Waals surface area contributed by atoms with Gasteiger partial charge in [0, 0.05) is 16.4 Å². The lowest BCUT2D eigenvalue weighted by Crippen LogP contribution is -2.01. The first kappa shape index (κ1) is 12.5. The molecule has 0 aromatic heterocycles. The molecule has 0 radical (unpaired) electrons. The van der Waals surface area contributed by atoms with Crippen molar-refractivity contribution in [3.05, 3.63) is 24.3 Å². The first-order valence-corrected chi connectivity index (χ1v) is 7.28. The number of aliphatic hydroxyl groups is 1. The van der Waals surface area contributed by atoms with Crippen LogP contribution >= 0.6 is 11.8 Å². The Hall–Kier alpha value is -0.520. The summed E-state index contributed by atoms with van der Waals surface area (Å²) in [5, 5.41) is 8.98. The van der Waals surface area contributed by atoms with Crippen molar-refractivity contribution >= 4 is 21.6 Å². The highest BCUT2D eigenvalue weighted by Crippen LogP contribution is 2.24. The van der Waals surface area contributed by atoms with E-state index < -0.39 is 9.84 Å². The molecule has 0 aliphatic heterocycles. The fourth-order valence-electron chi connectivity index (χ4n) is 1.03. The Morgan fingerprint density at radius 1 is 1.33 bits per heavy atom. The molecule has 0 saturated heterocycles. The SMILES string of the molecule is CC(CO)Sc1ccc(S(C)(=O)=O)cc1. The van der Waals surface area contributed by atoms with Crippen LogP contribution in [0.15, 0.2) is 34.1 Å². The summed E-state index contributed by atoms with van der Waals surface area (Å²) in [4.78, 5) is 1.28. The maximum Gasteiger partial charge on any atom is 0.175 e. The van der Waals surface area contributed by atoms with E-state index in [2.05, 4.69) is 0 Å². The molecule has 0 amide bonds. The van der Waals surface area contributed by atoms with Gasteiger partial charge in [0.2, 0.25) is 0 Å². The molecular formula is C10H14O3S2. The Balaban J connectivity index is 2.82. The monoisotopic (exact) mass is 246 g/mol. The summed E-state index contributed by atoms with van der Waals surface area (Å²) in [5.41, 5.74) is 0. The maximum absolute atomic E-state index is 11.2. The molecule has 1 aromatic carbocycles. The van der Waals surface area contributed by atoms with E-state index in [9.17, 15) is 8.42 Å². The number of thioether (sulfide) groups is 1. The summed E-state index contributed by atoms with van der Waals surface area (Å²) >= 11 is 1.52. The van der Waals surface area contributed by atoms with Crippen LogP contribution < -0.4 is 0 Å². The lowest BCUT2D eigenvalue weighted by atomic mass is 10.4. The van der Waals surface area contributed by atoms with Gasteiger partial charge in [-0.25, -0.2) is 8.42 Å². The quantitative estimate of drug-likeness (QED) is 0.819. The van der Waals surface area contributed by atoms with E-state index in [4.69, 9.17) is 5.11 Å². The molecule has 15 heavy (non-hydrogen) atoms. The van der Waals surface area contributed by atoms with Gasteiger partial charge >= 0.3 is 0 Å². The van der Waals surface area contributed by atoms with Crippen molar-refractivity contribution in [3.8, 4) is 0 Å². The zero-order chi connectivity index (χ0) is 11.5. The number of sulfone groups is 1. The zero-order valence-electron chi connectivity index (χ0n) is 8.67. The first-order chi connectivity index (χ1) is 6.93. The summed E-state index contributed by atoms with van der Waals surface area (Å²) in [5.74, 6) is 0. The van der Waals surface area contributed by atoms with Crippen molar-refractivity contribution in [2.45, 2.75) is 22.0 Å².